The summed E-state index contributed by atoms with van der Waals surface area (Å²) in [7, 11) is 1.59. The number of methoxy groups -OCH3 is 1. The zero-order valence-corrected chi connectivity index (χ0v) is 16.7. The van der Waals surface area contributed by atoms with Crippen molar-refractivity contribution in [2.24, 2.45) is 0 Å². The number of aliphatic hydroxyl groups excluding tert-OH is 5. The van der Waals surface area contributed by atoms with Gasteiger partial charge in [0.15, 0.2) is 0 Å². The minimum Gasteiger partial charge on any atom is -0.497 e. The molecule has 0 spiro atoms. The first-order valence-corrected chi connectivity index (χ1v) is 9.63. The zero-order chi connectivity index (χ0) is 21.7. The second-order valence-corrected chi connectivity index (χ2v) is 7.27. The van der Waals surface area contributed by atoms with Gasteiger partial charge in [0.1, 0.15) is 23.7 Å². The summed E-state index contributed by atoms with van der Waals surface area (Å²) >= 11 is 0. The van der Waals surface area contributed by atoms with E-state index in [2.05, 4.69) is 10.3 Å². The highest BCUT2D eigenvalue weighted by atomic mass is 16.5. The molecule has 1 aliphatic rings. The van der Waals surface area contributed by atoms with Gasteiger partial charge in [-0.25, -0.2) is 4.68 Å². The molecule has 11 nitrogen and oxygen atoms in total. The van der Waals surface area contributed by atoms with Gasteiger partial charge in [0.05, 0.1) is 57.1 Å². The van der Waals surface area contributed by atoms with E-state index < -0.39 is 37.1 Å². The van der Waals surface area contributed by atoms with Crippen molar-refractivity contribution in [1.29, 1.82) is 0 Å². The third kappa shape index (κ3) is 5.32. The molecule has 30 heavy (non-hydrogen) atoms. The summed E-state index contributed by atoms with van der Waals surface area (Å²) in [5.74, 6) is 0.739. The molecule has 2 heterocycles. The smallest absolute Gasteiger partial charge is 0.119 e. The van der Waals surface area contributed by atoms with Gasteiger partial charge in [0, 0.05) is 13.1 Å². The van der Waals surface area contributed by atoms with Gasteiger partial charge in [0.25, 0.3) is 0 Å². The molecule has 0 amide bonds. The molecular weight excluding hydrogens is 396 g/mol. The second-order valence-electron chi connectivity index (χ2n) is 7.27. The fourth-order valence-electron chi connectivity index (χ4n) is 3.44. The van der Waals surface area contributed by atoms with E-state index in [1.807, 2.05) is 24.3 Å². The highest BCUT2D eigenvalue weighted by Crippen LogP contribution is 2.19. The summed E-state index contributed by atoms with van der Waals surface area (Å²) in [5.41, 5.74) is 1.40. The van der Waals surface area contributed by atoms with Crippen LogP contribution in [0.15, 0.2) is 30.5 Å². The lowest BCUT2D eigenvalue weighted by Gasteiger charge is -2.43. The molecule has 1 aromatic heterocycles. The molecule has 0 aliphatic carbocycles. The quantitative estimate of drug-likeness (QED) is 0.303. The van der Waals surface area contributed by atoms with E-state index in [0.29, 0.717) is 5.69 Å². The Morgan fingerprint density at radius 1 is 1.17 bits per heavy atom. The van der Waals surface area contributed by atoms with Crippen LogP contribution < -0.4 is 4.74 Å². The van der Waals surface area contributed by atoms with Gasteiger partial charge in [-0.3, -0.25) is 4.90 Å². The zero-order valence-electron chi connectivity index (χ0n) is 16.7. The van der Waals surface area contributed by atoms with Crippen molar-refractivity contribution in [3.63, 3.8) is 0 Å². The van der Waals surface area contributed by atoms with Crippen LogP contribution in [0.3, 0.4) is 0 Å². The Morgan fingerprint density at radius 3 is 2.57 bits per heavy atom. The molecule has 1 aliphatic heterocycles. The largest absolute Gasteiger partial charge is 0.497 e. The van der Waals surface area contributed by atoms with Crippen LogP contribution in [0.4, 0.5) is 0 Å². The third-order valence-corrected chi connectivity index (χ3v) is 5.10. The number of piperidine rings is 1. The molecule has 1 unspecified atom stereocenters. The minimum atomic E-state index is -1.33. The average Bonchev–Trinajstić information content (AvgIpc) is 3.21. The topological polar surface area (TPSA) is 154 Å². The molecule has 5 N–H and O–H groups in total. The number of rotatable bonds is 9. The normalized spacial score (nSPS) is 25.9. The standard InChI is InChI=1S/C19H28N4O7/c1-29-15-4-2-13(3-5-15)23-6-12(20-21-23)10-30-11-14(25)7-22-8-17(26)19(28)18(27)16(22)9-24/h2-6,14,16-19,24-28H,7-11H2,1H3/t14?,16-,17+,18-,19-/m1/s1. The Morgan fingerprint density at radius 2 is 1.90 bits per heavy atom. The first kappa shape index (κ1) is 22.6. The van der Waals surface area contributed by atoms with Crippen LogP contribution in [0.25, 0.3) is 5.69 Å². The van der Waals surface area contributed by atoms with Crippen LogP contribution >= 0.6 is 0 Å². The molecule has 11 heteroatoms. The molecule has 0 bridgehead atoms. The fraction of sp³-hybridized carbons (Fsp3) is 0.579. The maximum absolute atomic E-state index is 10.2. The molecule has 5 atom stereocenters. The highest BCUT2D eigenvalue weighted by molar-refractivity contribution is 5.36. The third-order valence-electron chi connectivity index (χ3n) is 5.10. The summed E-state index contributed by atoms with van der Waals surface area (Å²) in [6, 6.07) is 6.55. The van der Waals surface area contributed by atoms with Gasteiger partial charge in [-0.05, 0) is 24.3 Å². The van der Waals surface area contributed by atoms with E-state index in [1.54, 1.807) is 18.0 Å². The van der Waals surface area contributed by atoms with E-state index in [1.165, 1.54) is 4.90 Å². The second kappa shape index (κ2) is 10.3. The van der Waals surface area contributed by atoms with Crippen molar-refractivity contribution in [1.82, 2.24) is 19.9 Å². The predicted octanol–water partition coefficient (Wildman–Crippen LogP) is -2.09. The number of benzene rings is 1. The maximum atomic E-state index is 10.2. The maximum Gasteiger partial charge on any atom is 0.119 e. The number of likely N-dealkylation sites (tertiary alicyclic amines) is 1. The van der Waals surface area contributed by atoms with E-state index in [4.69, 9.17) is 9.47 Å². The van der Waals surface area contributed by atoms with E-state index in [9.17, 15) is 25.5 Å². The van der Waals surface area contributed by atoms with E-state index in [-0.39, 0.29) is 26.3 Å². The van der Waals surface area contributed by atoms with Crippen molar-refractivity contribution >= 4 is 0 Å². The van der Waals surface area contributed by atoms with E-state index in [0.717, 1.165) is 11.4 Å². The van der Waals surface area contributed by atoms with Crippen molar-refractivity contribution in [3.05, 3.63) is 36.2 Å². The average molecular weight is 424 g/mol. The lowest BCUT2D eigenvalue weighted by molar-refractivity contribution is -0.152. The Balaban J connectivity index is 1.47. The van der Waals surface area contributed by atoms with Gasteiger partial charge in [-0.1, -0.05) is 5.21 Å². The molecule has 3 rings (SSSR count). The first-order chi connectivity index (χ1) is 14.4. The number of hydrogen-bond acceptors (Lipinski definition) is 10. The van der Waals surface area contributed by atoms with Crippen LogP contribution in [0.1, 0.15) is 5.69 Å². The van der Waals surface area contributed by atoms with Gasteiger partial charge < -0.3 is 35.0 Å². The van der Waals surface area contributed by atoms with Gasteiger partial charge in [-0.15, -0.1) is 5.10 Å². The number of nitrogens with zero attached hydrogens (tertiary/aromatic N) is 4. The Bertz CT molecular complexity index is 787. The predicted molar refractivity (Wildman–Crippen MR) is 104 cm³/mol. The van der Waals surface area contributed by atoms with Crippen LogP contribution in [-0.2, 0) is 11.3 Å². The van der Waals surface area contributed by atoms with Crippen LogP contribution in [-0.4, -0.2) is 109 Å². The molecule has 0 radical (unpaired) electrons. The number of β-amino-alcohol motifs (C(OH)–C–C–N with tert-alkyl or cyclic N) is 2. The monoisotopic (exact) mass is 424 g/mol. The summed E-state index contributed by atoms with van der Waals surface area (Å²) in [4.78, 5) is 1.54. The van der Waals surface area contributed by atoms with Crippen molar-refractivity contribution in [2.75, 3.05) is 33.4 Å². The molecular formula is C19H28N4O7. The van der Waals surface area contributed by atoms with Crippen LogP contribution in [0.2, 0.25) is 0 Å². The number of aromatic nitrogens is 3. The van der Waals surface area contributed by atoms with Crippen molar-refractivity contribution in [2.45, 2.75) is 37.1 Å². The number of ether oxygens (including phenoxy) is 2. The summed E-state index contributed by atoms with van der Waals surface area (Å²) < 4.78 is 12.2. The van der Waals surface area contributed by atoms with Crippen molar-refractivity contribution < 1.29 is 35.0 Å². The Hall–Kier alpha value is -2.12. The number of hydrogen-bond donors (Lipinski definition) is 5. The first-order valence-electron chi connectivity index (χ1n) is 9.63. The van der Waals surface area contributed by atoms with Crippen LogP contribution in [0, 0.1) is 0 Å². The van der Waals surface area contributed by atoms with Crippen molar-refractivity contribution in [3.8, 4) is 11.4 Å². The molecule has 166 valence electrons. The van der Waals surface area contributed by atoms with Gasteiger partial charge >= 0.3 is 0 Å². The summed E-state index contributed by atoms with van der Waals surface area (Å²) in [6.45, 7) is -0.201. The Kier molecular flexibility index (Phi) is 7.72. The SMILES string of the molecule is COc1ccc(-n2cc(COCC(O)CN3C[C@H](O)[C@@H](O)[C@H](O)[C@H]3CO)nn2)cc1. The Labute approximate surface area is 173 Å². The minimum absolute atomic E-state index is 0.0151. The number of aliphatic hydroxyl groups is 5. The lowest BCUT2D eigenvalue weighted by atomic mass is 9.94. The summed E-state index contributed by atoms with van der Waals surface area (Å²) in [6.07, 6.45) is -3.01. The molecule has 1 fully saturated rings. The van der Waals surface area contributed by atoms with E-state index >= 15 is 0 Å². The summed E-state index contributed by atoms with van der Waals surface area (Å²) in [5, 5.41) is 57.3. The highest BCUT2D eigenvalue weighted by Gasteiger charge is 2.41. The fourth-order valence-corrected chi connectivity index (χ4v) is 3.44. The lowest BCUT2D eigenvalue weighted by Crippen LogP contribution is -2.63. The molecule has 1 aromatic carbocycles. The van der Waals surface area contributed by atoms with Gasteiger partial charge in [0.2, 0.25) is 0 Å². The van der Waals surface area contributed by atoms with Crippen LogP contribution in [0.5, 0.6) is 5.75 Å². The van der Waals surface area contributed by atoms with Gasteiger partial charge in [-0.2, -0.15) is 0 Å². The molecule has 1 saturated heterocycles. The molecule has 2 aromatic rings. The molecule has 0 saturated carbocycles.